The Morgan fingerprint density at radius 1 is 0.272 bits per heavy atom. The molecule has 0 rings (SSSR count). The van der Waals surface area contributed by atoms with Gasteiger partial charge in [-0.2, -0.15) is 0 Å². The van der Waals surface area contributed by atoms with Gasteiger partial charge < -0.3 is 33.8 Å². The van der Waals surface area contributed by atoms with Crippen LogP contribution in [0.15, 0.2) is 0 Å². The number of ether oxygens (including phenoxy) is 4. The zero-order chi connectivity index (χ0) is 76.0. The lowest BCUT2D eigenvalue weighted by molar-refractivity contribution is -0.161. The highest BCUT2D eigenvalue weighted by atomic mass is 31.2. The van der Waals surface area contributed by atoms with E-state index < -0.39 is 97.5 Å². The van der Waals surface area contributed by atoms with E-state index in [0.29, 0.717) is 25.7 Å². The lowest BCUT2D eigenvalue weighted by Gasteiger charge is -2.21. The number of carbonyl (C=O) groups is 4. The van der Waals surface area contributed by atoms with E-state index in [2.05, 4.69) is 55.4 Å². The fraction of sp³-hybridized carbons (Fsp3) is 0.952. The molecule has 612 valence electrons. The Hall–Kier alpha value is -1.94. The van der Waals surface area contributed by atoms with Crippen LogP contribution < -0.4 is 0 Å². The van der Waals surface area contributed by atoms with E-state index in [0.717, 1.165) is 114 Å². The van der Waals surface area contributed by atoms with E-state index in [1.54, 1.807) is 0 Å². The second-order valence-electron chi connectivity index (χ2n) is 31.9. The van der Waals surface area contributed by atoms with Gasteiger partial charge in [-0.05, 0) is 49.4 Å². The third-order valence-electron chi connectivity index (χ3n) is 19.9. The molecule has 17 nitrogen and oxygen atoms in total. The van der Waals surface area contributed by atoms with Gasteiger partial charge >= 0.3 is 39.5 Å². The molecule has 0 amide bonds. The number of hydrogen-bond donors (Lipinski definition) is 3. The first-order valence-electron chi connectivity index (χ1n) is 43.2. The lowest BCUT2D eigenvalue weighted by Crippen LogP contribution is -2.30. The highest BCUT2D eigenvalue weighted by molar-refractivity contribution is 7.47. The average molecular weight is 1510 g/mol. The maximum atomic E-state index is 13.1. The second kappa shape index (κ2) is 72.9. The van der Waals surface area contributed by atoms with Crippen LogP contribution in [0.2, 0.25) is 0 Å². The molecule has 19 heteroatoms. The van der Waals surface area contributed by atoms with Crippen LogP contribution in [0.25, 0.3) is 0 Å². The van der Waals surface area contributed by atoms with Gasteiger partial charge in [0.1, 0.15) is 19.3 Å². The minimum atomic E-state index is -4.97. The molecule has 0 radical (unpaired) electrons. The number of carbonyl (C=O) groups excluding carboxylic acids is 4. The normalized spacial score (nSPS) is 14.2. The predicted molar refractivity (Wildman–Crippen MR) is 423 cm³/mol. The zero-order valence-electron chi connectivity index (χ0n) is 68.0. The number of esters is 4. The molecule has 6 atom stereocenters. The molecule has 0 aromatic rings. The van der Waals surface area contributed by atoms with Gasteiger partial charge in [-0.1, -0.05) is 383 Å². The van der Waals surface area contributed by atoms with Crippen LogP contribution in [-0.2, 0) is 65.4 Å². The molecule has 0 aromatic heterocycles. The van der Waals surface area contributed by atoms with Crippen molar-refractivity contribution in [1.29, 1.82) is 0 Å². The number of phosphoric acid groups is 2. The van der Waals surface area contributed by atoms with Crippen molar-refractivity contribution in [1.82, 2.24) is 0 Å². The highest BCUT2D eigenvalue weighted by Gasteiger charge is 2.30. The molecule has 0 saturated carbocycles. The predicted octanol–water partition coefficient (Wildman–Crippen LogP) is 25.2. The second-order valence-corrected chi connectivity index (χ2v) is 34.8. The molecule has 0 aliphatic carbocycles. The summed E-state index contributed by atoms with van der Waals surface area (Å²) in [5.74, 6) is 1.06. The molecule has 3 N–H and O–H groups in total. The molecule has 0 saturated heterocycles. The van der Waals surface area contributed by atoms with Crippen molar-refractivity contribution < 1.29 is 80.2 Å². The van der Waals surface area contributed by atoms with E-state index in [9.17, 15) is 43.2 Å². The Balaban J connectivity index is 5.27. The summed E-state index contributed by atoms with van der Waals surface area (Å²) in [5, 5.41) is 10.7. The summed E-state index contributed by atoms with van der Waals surface area (Å²) in [4.78, 5) is 73.2. The summed E-state index contributed by atoms with van der Waals surface area (Å²) in [5.41, 5.74) is 0. The van der Waals surface area contributed by atoms with Crippen molar-refractivity contribution >= 4 is 39.5 Å². The van der Waals surface area contributed by atoms with Gasteiger partial charge in [0.25, 0.3) is 0 Å². The van der Waals surface area contributed by atoms with Gasteiger partial charge in [0.2, 0.25) is 0 Å². The van der Waals surface area contributed by atoms with Crippen molar-refractivity contribution in [3.8, 4) is 0 Å². The first-order chi connectivity index (χ1) is 49.6. The molecule has 0 aromatic carbocycles. The first kappa shape index (κ1) is 101. The van der Waals surface area contributed by atoms with Gasteiger partial charge in [-0.15, -0.1) is 0 Å². The van der Waals surface area contributed by atoms with Gasteiger partial charge in [0.15, 0.2) is 12.2 Å². The standard InChI is InChI=1S/C84H164O17P2/c1-9-77(8)63-55-47-39-34-35-41-49-57-65-82(87)95-71-80(101-84(89)67-59-51-43-33-27-21-15-18-24-30-38-46-54-62-76(6)7)73-99-103(92,93)97-69-78(85)68-96-102(90,91)98-72-79(70-94-81(86)64-56-48-40-31-25-20-14-17-23-29-37-45-53-61-75(4)5)100-83(88)66-58-50-42-32-26-19-13-11-10-12-16-22-28-36-44-52-60-74(2)3/h74-80,85H,9-73H2,1-8H3,(H,90,91)(H,92,93)/t77?,78-,79-,80-/m1/s1. The van der Waals surface area contributed by atoms with Crippen LogP contribution >= 0.6 is 15.6 Å². The number of hydrogen-bond acceptors (Lipinski definition) is 15. The van der Waals surface area contributed by atoms with Gasteiger partial charge in [-0.25, -0.2) is 9.13 Å². The molecule has 0 heterocycles. The van der Waals surface area contributed by atoms with E-state index in [1.807, 2.05) is 0 Å². The van der Waals surface area contributed by atoms with Gasteiger partial charge in [0, 0.05) is 25.7 Å². The molecule has 3 unspecified atom stereocenters. The SMILES string of the molecule is CCC(C)CCCCCCCCCCC(=O)OC[C@H](COP(=O)(O)OC[C@H](O)COP(=O)(O)OC[C@@H](COC(=O)CCCCCCCCCCCCCCCC(C)C)OC(=O)CCCCCCCCCCCCCCCCCCC(C)C)OC(=O)CCCCCCCCCCCCCCCC(C)C. The maximum absolute atomic E-state index is 13.1. The van der Waals surface area contributed by atoms with Crippen molar-refractivity contribution in [2.75, 3.05) is 39.6 Å². The molecule has 0 bridgehead atoms. The molecule has 0 spiro atoms. The van der Waals surface area contributed by atoms with Crippen LogP contribution in [0, 0.1) is 23.7 Å². The quantitative estimate of drug-likeness (QED) is 0.0222. The average Bonchev–Trinajstić information content (AvgIpc) is 0.919. The minimum absolute atomic E-state index is 0.107. The maximum Gasteiger partial charge on any atom is 0.472 e. The Bertz CT molecular complexity index is 2010. The van der Waals surface area contributed by atoms with Crippen molar-refractivity contribution in [2.45, 2.75) is 453 Å². The van der Waals surface area contributed by atoms with Crippen molar-refractivity contribution in [2.24, 2.45) is 23.7 Å². The van der Waals surface area contributed by atoms with Crippen molar-refractivity contribution in [3.63, 3.8) is 0 Å². The Labute approximate surface area is 632 Å². The number of unbranched alkanes of at least 4 members (excludes halogenated alkanes) is 46. The monoisotopic (exact) mass is 1510 g/mol. The van der Waals surface area contributed by atoms with Crippen molar-refractivity contribution in [3.05, 3.63) is 0 Å². The van der Waals surface area contributed by atoms with Crippen LogP contribution in [0.1, 0.15) is 434 Å². The summed E-state index contributed by atoms with van der Waals surface area (Å²) in [6.07, 6.45) is 60.9. The molecule has 0 aliphatic heterocycles. The summed E-state index contributed by atoms with van der Waals surface area (Å²) in [6.45, 7) is 14.3. The smallest absolute Gasteiger partial charge is 0.462 e. The number of aliphatic hydroxyl groups is 1. The van der Waals surface area contributed by atoms with Gasteiger partial charge in [0.05, 0.1) is 26.4 Å². The third kappa shape index (κ3) is 76.6. The number of aliphatic hydroxyl groups excluding tert-OH is 1. The topological polar surface area (TPSA) is 237 Å². The van der Waals surface area contributed by atoms with E-state index in [-0.39, 0.29) is 25.7 Å². The fourth-order valence-electron chi connectivity index (χ4n) is 12.9. The lowest BCUT2D eigenvalue weighted by atomic mass is 9.99. The summed E-state index contributed by atoms with van der Waals surface area (Å²) in [7, 11) is -9.93. The Morgan fingerprint density at radius 2 is 0.466 bits per heavy atom. The third-order valence-corrected chi connectivity index (χ3v) is 21.8. The summed E-state index contributed by atoms with van der Waals surface area (Å²) >= 11 is 0. The Kier molecular flexibility index (Phi) is 71.5. The molecule has 103 heavy (non-hydrogen) atoms. The van der Waals surface area contributed by atoms with E-state index in [4.69, 9.17) is 37.0 Å². The van der Waals surface area contributed by atoms with Crippen LogP contribution in [0.3, 0.4) is 0 Å². The minimum Gasteiger partial charge on any atom is -0.462 e. The van der Waals surface area contributed by atoms with E-state index >= 15 is 0 Å². The highest BCUT2D eigenvalue weighted by Crippen LogP contribution is 2.45. The fourth-order valence-corrected chi connectivity index (χ4v) is 14.5. The summed E-state index contributed by atoms with van der Waals surface area (Å²) < 4.78 is 68.9. The Morgan fingerprint density at radius 3 is 0.689 bits per heavy atom. The largest absolute Gasteiger partial charge is 0.472 e. The number of rotatable bonds is 81. The molecular formula is C84H164O17P2. The molecule has 0 aliphatic rings. The van der Waals surface area contributed by atoms with Crippen LogP contribution in [-0.4, -0.2) is 96.7 Å². The van der Waals surface area contributed by atoms with Crippen LogP contribution in [0.5, 0.6) is 0 Å². The summed E-state index contributed by atoms with van der Waals surface area (Å²) in [6, 6.07) is 0. The van der Waals surface area contributed by atoms with E-state index in [1.165, 1.54) is 238 Å². The number of phosphoric ester groups is 2. The zero-order valence-corrected chi connectivity index (χ0v) is 69.7. The molecular weight excluding hydrogens is 1340 g/mol. The first-order valence-corrected chi connectivity index (χ1v) is 46.2. The van der Waals surface area contributed by atoms with Crippen LogP contribution in [0.4, 0.5) is 0 Å². The molecule has 0 fully saturated rings. The van der Waals surface area contributed by atoms with Gasteiger partial charge in [-0.3, -0.25) is 37.3 Å².